The minimum absolute atomic E-state index is 0.00288. The molecule has 3 rings (SSSR count). The Labute approximate surface area is 150 Å². The number of halogens is 4. The van der Waals surface area contributed by atoms with E-state index in [1.165, 1.54) is 23.6 Å². The number of hydrazone groups is 1. The average Bonchev–Trinajstić information content (AvgIpc) is 3.03. The lowest BCUT2D eigenvalue weighted by Crippen LogP contribution is -2.05. The molecule has 0 aliphatic heterocycles. The van der Waals surface area contributed by atoms with Crippen LogP contribution >= 0.6 is 22.9 Å². The molecule has 0 amide bonds. The van der Waals surface area contributed by atoms with Crippen molar-refractivity contribution in [2.45, 2.75) is 6.18 Å². The summed E-state index contributed by atoms with van der Waals surface area (Å²) in [6, 6.07) is 12.9. The first-order valence-corrected chi connectivity index (χ1v) is 8.35. The number of nitrogens with one attached hydrogen (secondary N) is 1. The zero-order valence-electron chi connectivity index (χ0n) is 12.6. The summed E-state index contributed by atoms with van der Waals surface area (Å²) in [5, 5.41) is 6.33. The summed E-state index contributed by atoms with van der Waals surface area (Å²) in [5.74, 6) is 0. The van der Waals surface area contributed by atoms with Crippen molar-refractivity contribution in [1.82, 2.24) is 4.98 Å². The zero-order chi connectivity index (χ0) is 17.9. The molecule has 3 nitrogen and oxygen atoms in total. The van der Waals surface area contributed by atoms with Crippen LogP contribution < -0.4 is 5.43 Å². The van der Waals surface area contributed by atoms with Crippen molar-refractivity contribution in [2.24, 2.45) is 5.10 Å². The van der Waals surface area contributed by atoms with Crippen LogP contribution in [0, 0.1) is 0 Å². The number of alkyl halides is 3. The van der Waals surface area contributed by atoms with Crippen LogP contribution in [0.4, 0.5) is 18.3 Å². The van der Waals surface area contributed by atoms with E-state index in [0.29, 0.717) is 5.13 Å². The van der Waals surface area contributed by atoms with E-state index in [-0.39, 0.29) is 10.6 Å². The Hall–Kier alpha value is -2.38. The Morgan fingerprint density at radius 2 is 1.88 bits per heavy atom. The summed E-state index contributed by atoms with van der Waals surface area (Å²) in [6.45, 7) is 0. The maximum absolute atomic E-state index is 12.8. The highest BCUT2D eigenvalue weighted by Gasteiger charge is 2.30. The molecule has 0 spiro atoms. The first-order chi connectivity index (χ1) is 11.9. The molecule has 0 aliphatic carbocycles. The van der Waals surface area contributed by atoms with Gasteiger partial charge >= 0.3 is 6.18 Å². The van der Waals surface area contributed by atoms with Gasteiger partial charge in [-0.05, 0) is 23.8 Å². The Bertz CT molecular complexity index is 892. The van der Waals surface area contributed by atoms with Crippen molar-refractivity contribution in [2.75, 3.05) is 5.43 Å². The van der Waals surface area contributed by atoms with Gasteiger partial charge in [0.1, 0.15) is 0 Å². The molecule has 3 aromatic rings. The molecule has 1 N–H and O–H groups in total. The van der Waals surface area contributed by atoms with Gasteiger partial charge in [0.2, 0.25) is 5.13 Å². The normalized spacial score (nSPS) is 11.8. The number of nitrogens with zero attached hydrogens (tertiary/aromatic N) is 2. The number of aromatic nitrogens is 1. The lowest BCUT2D eigenvalue weighted by molar-refractivity contribution is -0.137. The van der Waals surface area contributed by atoms with Gasteiger partial charge in [-0.2, -0.15) is 18.3 Å². The van der Waals surface area contributed by atoms with E-state index in [1.54, 1.807) is 0 Å². The Kier molecular flexibility index (Phi) is 5.06. The molecule has 25 heavy (non-hydrogen) atoms. The van der Waals surface area contributed by atoms with Crippen molar-refractivity contribution < 1.29 is 13.2 Å². The van der Waals surface area contributed by atoms with E-state index >= 15 is 0 Å². The number of hydrogen-bond acceptors (Lipinski definition) is 4. The quantitative estimate of drug-likeness (QED) is 0.449. The second-order valence-electron chi connectivity index (χ2n) is 5.04. The van der Waals surface area contributed by atoms with E-state index in [2.05, 4.69) is 15.5 Å². The fraction of sp³-hybridized carbons (Fsp3) is 0.0588. The molecule has 2 aromatic carbocycles. The summed E-state index contributed by atoms with van der Waals surface area (Å²) in [4.78, 5) is 4.37. The number of benzene rings is 2. The van der Waals surface area contributed by atoms with Crippen LogP contribution in [0.1, 0.15) is 11.1 Å². The van der Waals surface area contributed by atoms with Crippen molar-refractivity contribution >= 4 is 34.3 Å². The highest BCUT2D eigenvalue weighted by molar-refractivity contribution is 7.14. The molecule has 0 fully saturated rings. The van der Waals surface area contributed by atoms with Crippen molar-refractivity contribution in [3.8, 4) is 11.3 Å². The summed E-state index contributed by atoms with van der Waals surface area (Å²) < 4.78 is 38.3. The van der Waals surface area contributed by atoms with E-state index in [0.717, 1.165) is 23.4 Å². The molecule has 0 atom stereocenters. The minimum Gasteiger partial charge on any atom is -0.253 e. The fourth-order valence-electron chi connectivity index (χ4n) is 2.08. The number of anilines is 1. The first kappa shape index (κ1) is 17.4. The van der Waals surface area contributed by atoms with E-state index in [9.17, 15) is 13.2 Å². The molecule has 1 heterocycles. The van der Waals surface area contributed by atoms with E-state index in [1.807, 2.05) is 35.7 Å². The molecule has 8 heteroatoms. The minimum atomic E-state index is -4.46. The largest absolute Gasteiger partial charge is 0.416 e. The summed E-state index contributed by atoms with van der Waals surface area (Å²) in [6.07, 6.45) is -3.19. The van der Waals surface area contributed by atoms with Gasteiger partial charge in [0, 0.05) is 16.0 Å². The second kappa shape index (κ2) is 7.25. The smallest absolute Gasteiger partial charge is 0.253 e. The van der Waals surface area contributed by atoms with Crippen molar-refractivity contribution in [3.63, 3.8) is 0 Å². The summed E-state index contributed by atoms with van der Waals surface area (Å²) >= 11 is 7.08. The molecule has 0 saturated heterocycles. The monoisotopic (exact) mass is 381 g/mol. The third-order valence-corrected chi connectivity index (χ3v) is 4.16. The fourth-order valence-corrected chi connectivity index (χ4v) is 2.99. The predicted molar refractivity (Wildman–Crippen MR) is 95.2 cm³/mol. The topological polar surface area (TPSA) is 37.3 Å². The Morgan fingerprint density at radius 1 is 1.12 bits per heavy atom. The molecule has 128 valence electrons. The van der Waals surface area contributed by atoms with Crippen molar-refractivity contribution in [3.05, 3.63) is 70.1 Å². The average molecular weight is 382 g/mol. The lowest BCUT2D eigenvalue weighted by atomic mass is 10.1. The van der Waals surface area contributed by atoms with Gasteiger partial charge in [-0.1, -0.05) is 41.9 Å². The van der Waals surface area contributed by atoms with Gasteiger partial charge in [0.25, 0.3) is 0 Å². The third-order valence-electron chi connectivity index (χ3n) is 3.19. The van der Waals surface area contributed by atoms with Crippen LogP contribution in [0.2, 0.25) is 5.02 Å². The number of hydrogen-bond donors (Lipinski definition) is 1. The van der Waals surface area contributed by atoms with Gasteiger partial charge in [-0.25, -0.2) is 4.98 Å². The van der Waals surface area contributed by atoms with Gasteiger partial charge in [-0.15, -0.1) is 11.3 Å². The van der Waals surface area contributed by atoms with Crippen LogP contribution in [0.3, 0.4) is 0 Å². The Balaban J connectivity index is 1.72. The van der Waals surface area contributed by atoms with E-state index in [4.69, 9.17) is 11.6 Å². The second-order valence-corrected chi connectivity index (χ2v) is 6.34. The van der Waals surface area contributed by atoms with Gasteiger partial charge in [-0.3, -0.25) is 5.43 Å². The first-order valence-electron chi connectivity index (χ1n) is 7.09. The molecule has 0 saturated carbocycles. The van der Waals surface area contributed by atoms with Crippen LogP contribution in [0.25, 0.3) is 11.3 Å². The van der Waals surface area contributed by atoms with Gasteiger partial charge < -0.3 is 0 Å². The molecule has 0 bridgehead atoms. The zero-order valence-corrected chi connectivity index (χ0v) is 14.2. The lowest BCUT2D eigenvalue weighted by Gasteiger charge is -2.07. The highest BCUT2D eigenvalue weighted by Crippen LogP contribution is 2.31. The third kappa shape index (κ3) is 4.58. The summed E-state index contributed by atoms with van der Waals surface area (Å²) in [7, 11) is 0. The number of rotatable bonds is 4. The highest BCUT2D eigenvalue weighted by atomic mass is 35.5. The maximum atomic E-state index is 12.8. The maximum Gasteiger partial charge on any atom is 0.416 e. The summed E-state index contributed by atoms with van der Waals surface area (Å²) in [5.41, 5.74) is 3.91. The molecular weight excluding hydrogens is 371 g/mol. The van der Waals surface area contributed by atoms with Crippen LogP contribution in [0.15, 0.2) is 59.0 Å². The molecule has 0 unspecified atom stereocenters. The molecule has 1 aromatic heterocycles. The van der Waals surface area contributed by atoms with Crippen molar-refractivity contribution in [1.29, 1.82) is 0 Å². The van der Waals surface area contributed by atoms with Crippen LogP contribution in [-0.4, -0.2) is 11.2 Å². The van der Waals surface area contributed by atoms with Crippen LogP contribution in [-0.2, 0) is 6.18 Å². The Morgan fingerprint density at radius 3 is 2.60 bits per heavy atom. The standard InChI is InChI=1S/C17H11ClF3N3S/c18-14-7-11(6-13(8-14)17(19,20)21)9-22-24-16-23-15(10-25-16)12-4-2-1-3-5-12/h1-10H,(H,23,24). The molecular formula is C17H11ClF3N3S. The van der Waals surface area contributed by atoms with Gasteiger partial charge in [0.05, 0.1) is 17.5 Å². The predicted octanol–water partition coefficient (Wildman–Crippen LogP) is 5.93. The van der Waals surface area contributed by atoms with Crippen LogP contribution in [0.5, 0.6) is 0 Å². The molecule has 0 radical (unpaired) electrons. The van der Waals surface area contributed by atoms with Gasteiger partial charge in [0.15, 0.2) is 0 Å². The number of thiazole rings is 1. The van der Waals surface area contributed by atoms with E-state index < -0.39 is 11.7 Å². The SMILES string of the molecule is FC(F)(F)c1cc(Cl)cc(C=NNc2nc(-c3ccccc3)cs2)c1. The molecule has 0 aliphatic rings.